The van der Waals surface area contributed by atoms with Crippen LogP contribution < -0.4 is 11.2 Å². The molecule has 0 aliphatic rings. The molecule has 0 bridgehead atoms. The molecular formula is C25H23N5O3. The Morgan fingerprint density at radius 3 is 2.48 bits per heavy atom. The number of hydrazone groups is 1. The molecule has 0 fully saturated rings. The van der Waals surface area contributed by atoms with Crippen molar-refractivity contribution in [2.24, 2.45) is 10.9 Å². The maximum absolute atomic E-state index is 12.9. The van der Waals surface area contributed by atoms with Crippen molar-refractivity contribution >= 4 is 29.1 Å². The van der Waals surface area contributed by atoms with Crippen LogP contribution in [0.2, 0.25) is 0 Å². The van der Waals surface area contributed by atoms with Gasteiger partial charge in [0, 0.05) is 24.1 Å². The molecule has 1 aromatic heterocycles. The quantitative estimate of drug-likeness (QED) is 0.220. The van der Waals surface area contributed by atoms with Crippen LogP contribution in [-0.2, 0) is 17.8 Å². The van der Waals surface area contributed by atoms with Gasteiger partial charge < -0.3 is 20.8 Å². The van der Waals surface area contributed by atoms with E-state index in [-0.39, 0.29) is 12.0 Å². The number of para-hydroxylation sites is 2. The molecule has 33 heavy (non-hydrogen) atoms. The number of fused-ring (bicyclic) bond motifs is 1. The molecule has 8 heteroatoms. The largest absolute Gasteiger partial charge is 0.480 e. The Labute approximate surface area is 190 Å². The third kappa shape index (κ3) is 4.90. The van der Waals surface area contributed by atoms with Gasteiger partial charge in [0.05, 0.1) is 17.2 Å². The Balaban J connectivity index is 1.65. The first kappa shape index (κ1) is 21.8. The molecule has 4 rings (SSSR count). The van der Waals surface area contributed by atoms with Crippen LogP contribution in [0.25, 0.3) is 11.0 Å². The summed E-state index contributed by atoms with van der Waals surface area (Å²) in [4.78, 5) is 29.6. The van der Waals surface area contributed by atoms with Crippen molar-refractivity contribution in [3.05, 3.63) is 101 Å². The van der Waals surface area contributed by atoms with Gasteiger partial charge in [-0.25, -0.2) is 9.78 Å². The molecular weight excluding hydrogens is 418 g/mol. The average molecular weight is 441 g/mol. The Bertz CT molecular complexity index is 1310. The Hall–Kier alpha value is -4.46. The lowest BCUT2D eigenvalue weighted by Gasteiger charge is -2.16. The van der Waals surface area contributed by atoms with E-state index < -0.39 is 17.9 Å². The minimum Gasteiger partial charge on any atom is -0.480 e. The number of aliphatic carboxylic acids is 1. The van der Waals surface area contributed by atoms with Gasteiger partial charge >= 0.3 is 5.97 Å². The second kappa shape index (κ2) is 9.78. The van der Waals surface area contributed by atoms with Crippen LogP contribution in [0.5, 0.6) is 0 Å². The fraction of sp³-hybridized carbons (Fsp3) is 0.120. The third-order valence-corrected chi connectivity index (χ3v) is 5.33. The third-order valence-electron chi connectivity index (χ3n) is 5.33. The highest BCUT2D eigenvalue weighted by molar-refractivity contribution is 6.03. The fourth-order valence-electron chi connectivity index (χ4n) is 3.74. The number of carbonyl (C=O) groups excluding carboxylic acids is 1. The van der Waals surface area contributed by atoms with E-state index in [0.29, 0.717) is 17.9 Å². The van der Waals surface area contributed by atoms with Crippen molar-refractivity contribution in [2.75, 3.05) is 0 Å². The number of carboxylic acid groups (broad SMARTS) is 1. The molecule has 1 heterocycles. The van der Waals surface area contributed by atoms with Crippen LogP contribution in [0.4, 0.5) is 0 Å². The molecule has 0 aliphatic heterocycles. The van der Waals surface area contributed by atoms with Crippen LogP contribution in [0.1, 0.15) is 27.3 Å². The van der Waals surface area contributed by atoms with Gasteiger partial charge in [-0.15, -0.1) is 0 Å². The van der Waals surface area contributed by atoms with E-state index in [2.05, 4.69) is 15.4 Å². The molecule has 0 spiro atoms. The summed E-state index contributed by atoms with van der Waals surface area (Å²) in [6.45, 7) is 0.534. The average Bonchev–Trinajstić information content (AvgIpc) is 3.16. The van der Waals surface area contributed by atoms with Crippen LogP contribution in [0.15, 0.2) is 84.0 Å². The molecule has 3 aromatic carbocycles. The summed E-state index contributed by atoms with van der Waals surface area (Å²) in [6, 6.07) is 23.0. The van der Waals surface area contributed by atoms with Crippen molar-refractivity contribution in [2.45, 2.75) is 19.0 Å². The number of hydrogen-bond acceptors (Lipinski definition) is 5. The summed E-state index contributed by atoms with van der Waals surface area (Å²) in [5, 5.41) is 16.0. The Kier molecular flexibility index (Phi) is 6.45. The topological polar surface area (TPSA) is 123 Å². The molecule has 8 nitrogen and oxygen atoms in total. The second-order valence-corrected chi connectivity index (χ2v) is 7.52. The molecule has 0 radical (unpaired) electrons. The van der Waals surface area contributed by atoms with Crippen molar-refractivity contribution in [1.82, 2.24) is 14.9 Å². The predicted octanol–water partition coefficient (Wildman–Crippen LogP) is 2.80. The van der Waals surface area contributed by atoms with Crippen LogP contribution in [0.3, 0.4) is 0 Å². The van der Waals surface area contributed by atoms with Crippen molar-refractivity contribution in [3.8, 4) is 0 Å². The SMILES string of the molecule is NN=Cc1ccccc1C(=O)NC(Cc1nc2ccccc2n1Cc1ccccc1)C(=O)O. The zero-order chi connectivity index (χ0) is 23.2. The van der Waals surface area contributed by atoms with Gasteiger partial charge in [0.25, 0.3) is 5.91 Å². The van der Waals surface area contributed by atoms with E-state index in [4.69, 9.17) is 5.84 Å². The van der Waals surface area contributed by atoms with Crippen molar-refractivity contribution < 1.29 is 14.7 Å². The first-order chi connectivity index (χ1) is 16.1. The summed E-state index contributed by atoms with van der Waals surface area (Å²) >= 11 is 0. The number of benzene rings is 3. The normalized spacial score (nSPS) is 12.1. The van der Waals surface area contributed by atoms with E-state index in [1.54, 1.807) is 24.3 Å². The first-order valence-corrected chi connectivity index (χ1v) is 10.4. The highest BCUT2D eigenvalue weighted by Crippen LogP contribution is 2.19. The second-order valence-electron chi connectivity index (χ2n) is 7.52. The van der Waals surface area contributed by atoms with E-state index in [1.807, 2.05) is 59.2 Å². The standard InChI is InChI=1S/C25H23N5O3/c26-27-15-18-10-4-5-11-19(18)24(31)29-21(25(32)33)14-23-28-20-12-6-7-13-22(20)30(23)16-17-8-2-1-3-9-17/h1-13,15,21H,14,16,26H2,(H,29,31)(H,32,33). The number of nitrogens with zero attached hydrogens (tertiary/aromatic N) is 3. The molecule has 0 saturated carbocycles. The number of nitrogens with one attached hydrogen (secondary N) is 1. The van der Waals surface area contributed by atoms with Gasteiger partial charge in [0.15, 0.2) is 0 Å². The molecule has 0 aliphatic carbocycles. The van der Waals surface area contributed by atoms with Crippen LogP contribution in [0, 0.1) is 0 Å². The smallest absolute Gasteiger partial charge is 0.326 e. The number of hydrogen-bond donors (Lipinski definition) is 3. The summed E-state index contributed by atoms with van der Waals surface area (Å²) in [5.74, 6) is 4.13. The minimum absolute atomic E-state index is 0.0235. The zero-order valence-corrected chi connectivity index (χ0v) is 17.8. The monoisotopic (exact) mass is 441 g/mol. The fourth-order valence-corrected chi connectivity index (χ4v) is 3.74. The zero-order valence-electron chi connectivity index (χ0n) is 17.8. The summed E-state index contributed by atoms with van der Waals surface area (Å²) < 4.78 is 1.99. The number of nitrogens with two attached hydrogens (primary N) is 1. The molecule has 4 N–H and O–H groups in total. The lowest BCUT2D eigenvalue weighted by Crippen LogP contribution is -2.43. The highest BCUT2D eigenvalue weighted by atomic mass is 16.4. The molecule has 1 amide bonds. The van der Waals surface area contributed by atoms with E-state index in [1.165, 1.54) is 6.21 Å². The Morgan fingerprint density at radius 1 is 1.03 bits per heavy atom. The first-order valence-electron chi connectivity index (χ1n) is 10.4. The van der Waals surface area contributed by atoms with Crippen LogP contribution in [-0.4, -0.2) is 38.8 Å². The van der Waals surface area contributed by atoms with Crippen molar-refractivity contribution in [1.29, 1.82) is 0 Å². The molecule has 0 saturated heterocycles. The number of amides is 1. The van der Waals surface area contributed by atoms with E-state index >= 15 is 0 Å². The number of imidazole rings is 1. The van der Waals surface area contributed by atoms with Gasteiger partial charge in [0.1, 0.15) is 11.9 Å². The van der Waals surface area contributed by atoms with Crippen LogP contribution >= 0.6 is 0 Å². The minimum atomic E-state index is -1.17. The number of carbonyl (C=O) groups is 2. The van der Waals surface area contributed by atoms with Gasteiger partial charge in [-0.05, 0) is 23.8 Å². The Morgan fingerprint density at radius 2 is 1.73 bits per heavy atom. The molecule has 1 atom stereocenters. The number of rotatable bonds is 8. The summed E-state index contributed by atoms with van der Waals surface area (Å²) in [6.07, 6.45) is 1.37. The van der Waals surface area contributed by atoms with Gasteiger partial charge in [0.2, 0.25) is 0 Å². The van der Waals surface area contributed by atoms with Gasteiger partial charge in [-0.1, -0.05) is 60.7 Å². The highest BCUT2D eigenvalue weighted by Gasteiger charge is 2.25. The van der Waals surface area contributed by atoms with E-state index in [9.17, 15) is 14.7 Å². The van der Waals surface area contributed by atoms with Gasteiger partial charge in [-0.2, -0.15) is 5.10 Å². The lowest BCUT2D eigenvalue weighted by atomic mass is 10.1. The number of aromatic nitrogens is 2. The van der Waals surface area contributed by atoms with E-state index in [0.717, 1.165) is 16.6 Å². The molecule has 1 unspecified atom stereocenters. The molecule has 4 aromatic rings. The maximum Gasteiger partial charge on any atom is 0.326 e. The molecule has 166 valence electrons. The van der Waals surface area contributed by atoms with Gasteiger partial charge in [-0.3, -0.25) is 4.79 Å². The summed E-state index contributed by atoms with van der Waals surface area (Å²) in [5.41, 5.74) is 3.52. The van der Waals surface area contributed by atoms with Crippen molar-refractivity contribution in [3.63, 3.8) is 0 Å². The maximum atomic E-state index is 12.9. The lowest BCUT2D eigenvalue weighted by molar-refractivity contribution is -0.139. The summed E-state index contributed by atoms with van der Waals surface area (Å²) in [7, 11) is 0. The number of carboxylic acids is 1. The predicted molar refractivity (Wildman–Crippen MR) is 126 cm³/mol.